The number of hydrogen-bond acceptors (Lipinski definition) is 3. The first kappa shape index (κ1) is 13.2. The maximum absolute atomic E-state index is 12.3. The molecule has 1 saturated heterocycles. The summed E-state index contributed by atoms with van der Waals surface area (Å²) in [6.07, 6.45) is -4.15. The molecule has 0 aromatic rings. The van der Waals surface area contributed by atoms with Crippen LogP contribution in [0, 0.1) is 5.92 Å². The smallest absolute Gasteiger partial charge is 0.403 e. The molecular formula is C9H14F3NO3. The molecule has 94 valence electrons. The van der Waals surface area contributed by atoms with Crippen LogP contribution in [-0.4, -0.2) is 42.5 Å². The van der Waals surface area contributed by atoms with E-state index in [-0.39, 0.29) is 0 Å². The molecule has 2 N–H and O–H groups in total. The second-order valence-electron chi connectivity index (χ2n) is 4.18. The van der Waals surface area contributed by atoms with Crippen LogP contribution in [0.1, 0.15) is 13.3 Å². The fourth-order valence-corrected chi connectivity index (χ4v) is 1.50. The monoisotopic (exact) mass is 241 g/mol. The van der Waals surface area contributed by atoms with Gasteiger partial charge in [-0.25, -0.2) is 0 Å². The number of halogens is 3. The van der Waals surface area contributed by atoms with Crippen molar-refractivity contribution in [3.63, 3.8) is 0 Å². The lowest BCUT2D eigenvalue weighted by Gasteiger charge is -2.26. The van der Waals surface area contributed by atoms with Crippen LogP contribution >= 0.6 is 0 Å². The molecule has 16 heavy (non-hydrogen) atoms. The lowest BCUT2D eigenvalue weighted by atomic mass is 10.00. The molecule has 0 bridgehead atoms. The van der Waals surface area contributed by atoms with Gasteiger partial charge < -0.3 is 15.2 Å². The molecule has 2 atom stereocenters. The van der Waals surface area contributed by atoms with Gasteiger partial charge in [-0.3, -0.25) is 4.79 Å². The molecule has 1 fully saturated rings. The maximum Gasteiger partial charge on any atom is 0.403 e. The van der Waals surface area contributed by atoms with Crippen LogP contribution in [0.2, 0.25) is 0 Å². The second kappa shape index (κ2) is 4.58. The van der Waals surface area contributed by atoms with Gasteiger partial charge in [0, 0.05) is 18.7 Å². The third-order valence-corrected chi connectivity index (χ3v) is 2.64. The molecule has 7 heteroatoms. The fourth-order valence-electron chi connectivity index (χ4n) is 1.50. The van der Waals surface area contributed by atoms with Gasteiger partial charge in [-0.05, 0) is 13.3 Å². The Bertz CT molecular complexity index is 261. The molecule has 0 amide bonds. The zero-order chi connectivity index (χ0) is 12.4. The largest absolute Gasteiger partial charge is 0.481 e. The summed E-state index contributed by atoms with van der Waals surface area (Å²) in [6.45, 7) is 1.87. The third kappa shape index (κ3) is 3.34. The van der Waals surface area contributed by atoms with E-state index in [1.165, 1.54) is 0 Å². The van der Waals surface area contributed by atoms with Crippen LogP contribution in [0.3, 0.4) is 0 Å². The predicted octanol–water partition coefficient (Wildman–Crippen LogP) is 1.02. The number of rotatable bonds is 4. The zero-order valence-electron chi connectivity index (χ0n) is 8.80. The lowest BCUT2D eigenvalue weighted by Crippen LogP contribution is -2.49. The summed E-state index contributed by atoms with van der Waals surface area (Å²) in [7, 11) is 0. The van der Waals surface area contributed by atoms with Gasteiger partial charge in [0.25, 0.3) is 0 Å². The topological polar surface area (TPSA) is 58.6 Å². The number of ether oxygens (including phenoxy) is 1. The molecule has 0 radical (unpaired) electrons. The van der Waals surface area contributed by atoms with E-state index in [1.54, 1.807) is 6.92 Å². The summed E-state index contributed by atoms with van der Waals surface area (Å²) in [5.41, 5.74) is -0.557. The van der Waals surface area contributed by atoms with Gasteiger partial charge in [0.15, 0.2) is 5.92 Å². The van der Waals surface area contributed by atoms with Crippen LogP contribution in [0.4, 0.5) is 13.2 Å². The Morgan fingerprint density at radius 1 is 1.62 bits per heavy atom. The van der Waals surface area contributed by atoms with Crippen LogP contribution in [0.25, 0.3) is 0 Å². The number of hydrogen-bond donors (Lipinski definition) is 2. The molecule has 1 rings (SSSR count). The molecule has 1 aliphatic heterocycles. The minimum Gasteiger partial charge on any atom is -0.481 e. The Morgan fingerprint density at radius 2 is 2.25 bits per heavy atom. The number of carboxylic acids is 1. The van der Waals surface area contributed by atoms with Gasteiger partial charge in [0.2, 0.25) is 0 Å². The predicted molar refractivity (Wildman–Crippen MR) is 49.0 cm³/mol. The molecule has 0 aliphatic carbocycles. The van der Waals surface area contributed by atoms with Gasteiger partial charge in [0.05, 0.1) is 6.61 Å². The molecule has 1 heterocycles. The van der Waals surface area contributed by atoms with Gasteiger partial charge in [-0.15, -0.1) is 0 Å². The SMILES string of the molecule is CC1(NCC(C(=O)O)C(F)(F)F)CCOC1. The second-order valence-corrected chi connectivity index (χ2v) is 4.18. The summed E-state index contributed by atoms with van der Waals surface area (Å²) in [5.74, 6) is -4.23. The summed E-state index contributed by atoms with van der Waals surface area (Å²) in [5, 5.41) is 11.1. The summed E-state index contributed by atoms with van der Waals surface area (Å²) < 4.78 is 42.0. The number of carbonyl (C=O) groups is 1. The number of nitrogens with one attached hydrogen (secondary N) is 1. The molecule has 1 aliphatic rings. The Labute approximate surface area is 90.8 Å². The first-order valence-electron chi connectivity index (χ1n) is 4.87. The Balaban J connectivity index is 2.53. The normalized spacial score (nSPS) is 28.0. The van der Waals surface area contributed by atoms with E-state index in [2.05, 4.69) is 5.32 Å². The van der Waals surface area contributed by atoms with Gasteiger partial charge in [0.1, 0.15) is 0 Å². The third-order valence-electron chi connectivity index (χ3n) is 2.64. The molecule has 0 saturated carbocycles. The van der Waals surface area contributed by atoms with E-state index in [0.717, 1.165) is 0 Å². The molecule has 4 nitrogen and oxygen atoms in total. The highest BCUT2D eigenvalue weighted by atomic mass is 19.4. The van der Waals surface area contributed by atoms with Crippen molar-refractivity contribution in [3.05, 3.63) is 0 Å². The van der Waals surface area contributed by atoms with Crippen molar-refractivity contribution < 1.29 is 27.8 Å². The van der Waals surface area contributed by atoms with E-state index in [4.69, 9.17) is 9.84 Å². The van der Waals surface area contributed by atoms with Crippen molar-refractivity contribution in [2.45, 2.75) is 25.1 Å². The highest BCUT2D eigenvalue weighted by Crippen LogP contribution is 2.27. The molecular weight excluding hydrogens is 227 g/mol. The maximum atomic E-state index is 12.3. The number of alkyl halides is 3. The Morgan fingerprint density at radius 3 is 2.62 bits per heavy atom. The van der Waals surface area contributed by atoms with Crippen LogP contribution < -0.4 is 5.32 Å². The highest BCUT2D eigenvalue weighted by molar-refractivity contribution is 5.71. The first-order valence-corrected chi connectivity index (χ1v) is 4.87. The van der Waals surface area contributed by atoms with E-state index >= 15 is 0 Å². The van der Waals surface area contributed by atoms with Crippen molar-refractivity contribution in [1.29, 1.82) is 0 Å². The van der Waals surface area contributed by atoms with Crippen molar-refractivity contribution in [2.75, 3.05) is 19.8 Å². The first-order chi connectivity index (χ1) is 7.25. The van der Waals surface area contributed by atoms with E-state index in [9.17, 15) is 18.0 Å². The van der Waals surface area contributed by atoms with E-state index in [1.807, 2.05) is 0 Å². The van der Waals surface area contributed by atoms with Crippen molar-refractivity contribution >= 4 is 5.97 Å². The van der Waals surface area contributed by atoms with Crippen molar-refractivity contribution in [2.24, 2.45) is 5.92 Å². The number of carboxylic acid groups (broad SMARTS) is 1. The molecule has 0 aromatic carbocycles. The lowest BCUT2D eigenvalue weighted by molar-refractivity contribution is -0.193. The minimum absolute atomic E-state index is 0.303. The van der Waals surface area contributed by atoms with Crippen molar-refractivity contribution in [1.82, 2.24) is 5.32 Å². The van der Waals surface area contributed by atoms with Crippen LogP contribution in [0.15, 0.2) is 0 Å². The average molecular weight is 241 g/mol. The fraction of sp³-hybridized carbons (Fsp3) is 0.889. The van der Waals surface area contributed by atoms with E-state index < -0.39 is 30.1 Å². The van der Waals surface area contributed by atoms with E-state index in [0.29, 0.717) is 19.6 Å². The van der Waals surface area contributed by atoms with Gasteiger partial charge in [-0.1, -0.05) is 0 Å². The molecule has 2 unspecified atom stereocenters. The Hall–Kier alpha value is -0.820. The molecule has 0 aromatic heterocycles. The van der Waals surface area contributed by atoms with Crippen LogP contribution in [-0.2, 0) is 9.53 Å². The quantitative estimate of drug-likeness (QED) is 0.771. The summed E-state index contributed by atoms with van der Waals surface area (Å²) in [6, 6.07) is 0. The van der Waals surface area contributed by atoms with Gasteiger partial charge >= 0.3 is 12.1 Å². The standard InChI is InChI=1S/C9H14F3NO3/c1-8(2-3-16-5-8)13-4-6(7(14)15)9(10,11)12/h6,13H,2-5H2,1H3,(H,14,15). The van der Waals surface area contributed by atoms with Crippen LogP contribution in [0.5, 0.6) is 0 Å². The Kier molecular flexibility index (Phi) is 3.80. The highest BCUT2D eigenvalue weighted by Gasteiger charge is 2.46. The minimum atomic E-state index is -4.73. The number of aliphatic carboxylic acids is 1. The van der Waals surface area contributed by atoms with Gasteiger partial charge in [-0.2, -0.15) is 13.2 Å². The van der Waals surface area contributed by atoms with Crippen molar-refractivity contribution in [3.8, 4) is 0 Å². The molecule has 0 spiro atoms. The summed E-state index contributed by atoms with van der Waals surface area (Å²) >= 11 is 0. The zero-order valence-corrected chi connectivity index (χ0v) is 8.80. The summed E-state index contributed by atoms with van der Waals surface area (Å²) in [4.78, 5) is 10.5. The average Bonchev–Trinajstić information content (AvgIpc) is 2.49.